The number of nitrogens with two attached hydrogens (primary N) is 1. The Labute approximate surface area is 331 Å². The van der Waals surface area contributed by atoms with Crippen molar-refractivity contribution in [2.45, 2.75) is 187 Å². The lowest BCUT2D eigenvalue weighted by atomic mass is 10.1. The van der Waals surface area contributed by atoms with Crippen molar-refractivity contribution in [1.82, 2.24) is 5.32 Å². The minimum Gasteiger partial charge on any atom is -0.387 e. The number of allylic oxidation sites excluding steroid dienone is 11. The SMILES string of the molecule is CC/C=C\C/C=C\C/C=C\C/C=C\C/C=C\CCCCCCCCCC(=O)NC(COP(=O)(O)OCCN)C(O)/C=C/CCCCCCCCCCCC. The Morgan fingerprint density at radius 1 is 0.630 bits per heavy atom. The van der Waals surface area contributed by atoms with Crippen LogP contribution in [0.25, 0.3) is 0 Å². The van der Waals surface area contributed by atoms with Crippen LogP contribution in [0.1, 0.15) is 174 Å². The number of unbranched alkanes of at least 4 members (excludes halogenated alkanes) is 17. The maximum Gasteiger partial charge on any atom is 0.472 e. The van der Waals surface area contributed by atoms with Gasteiger partial charge in [-0.15, -0.1) is 0 Å². The van der Waals surface area contributed by atoms with E-state index in [9.17, 15) is 19.4 Å². The molecular formula is C45H81N2O6P. The van der Waals surface area contributed by atoms with Crippen molar-refractivity contribution in [1.29, 1.82) is 0 Å². The van der Waals surface area contributed by atoms with Crippen molar-refractivity contribution in [2.24, 2.45) is 5.73 Å². The van der Waals surface area contributed by atoms with Gasteiger partial charge >= 0.3 is 7.82 Å². The quantitative estimate of drug-likeness (QED) is 0.0278. The van der Waals surface area contributed by atoms with Crippen molar-refractivity contribution in [2.75, 3.05) is 19.8 Å². The summed E-state index contributed by atoms with van der Waals surface area (Å²) in [5.41, 5.74) is 5.37. The summed E-state index contributed by atoms with van der Waals surface area (Å²) < 4.78 is 22.1. The average Bonchev–Trinajstić information content (AvgIpc) is 3.16. The Hall–Kier alpha value is -2.06. The highest BCUT2D eigenvalue weighted by Crippen LogP contribution is 2.43. The van der Waals surface area contributed by atoms with E-state index >= 15 is 0 Å². The maximum atomic E-state index is 12.7. The van der Waals surface area contributed by atoms with Gasteiger partial charge in [0.15, 0.2) is 0 Å². The highest BCUT2D eigenvalue weighted by Gasteiger charge is 2.26. The third kappa shape index (κ3) is 38.2. The second kappa shape index (κ2) is 40.6. The van der Waals surface area contributed by atoms with E-state index in [2.05, 4.69) is 79.9 Å². The number of amides is 1. The number of aliphatic hydroxyl groups is 1. The van der Waals surface area contributed by atoms with E-state index in [1.807, 2.05) is 6.08 Å². The smallest absolute Gasteiger partial charge is 0.387 e. The number of phosphoric ester groups is 1. The van der Waals surface area contributed by atoms with Gasteiger partial charge in [0.2, 0.25) is 5.91 Å². The lowest BCUT2D eigenvalue weighted by Crippen LogP contribution is -2.45. The van der Waals surface area contributed by atoms with Crippen molar-refractivity contribution in [3.8, 4) is 0 Å². The summed E-state index contributed by atoms with van der Waals surface area (Å²) in [5, 5.41) is 13.6. The zero-order chi connectivity index (χ0) is 39.6. The van der Waals surface area contributed by atoms with Gasteiger partial charge in [0.25, 0.3) is 0 Å². The summed E-state index contributed by atoms with van der Waals surface area (Å²) >= 11 is 0. The first-order chi connectivity index (χ1) is 26.4. The van der Waals surface area contributed by atoms with Crippen LogP contribution in [0.2, 0.25) is 0 Å². The van der Waals surface area contributed by atoms with Gasteiger partial charge in [-0.25, -0.2) is 4.57 Å². The minimum atomic E-state index is -4.34. The molecule has 0 aromatic rings. The van der Waals surface area contributed by atoms with E-state index < -0.39 is 20.0 Å². The molecule has 312 valence electrons. The standard InChI is InChI=1S/C45H81N2O6P/c1-3-5-7-9-11-13-15-17-18-19-20-21-22-23-24-25-26-27-29-31-33-35-37-39-45(49)47-43(42-53-54(50,51)52-41-40-46)44(48)38-36-34-32-30-28-16-14-12-10-8-6-4-2/h5,7,11,13,17-18,20-21,23-24,36,38,43-44,48H,3-4,6,8-10,12,14-16,19,22,25-35,37,39-42,46H2,1-2H3,(H,47,49)(H,50,51)/b7-5-,13-11-,18-17-,21-20-,24-23-,38-36+. The lowest BCUT2D eigenvalue weighted by Gasteiger charge is -2.23. The molecule has 0 saturated heterocycles. The molecule has 0 spiro atoms. The maximum absolute atomic E-state index is 12.7. The van der Waals surface area contributed by atoms with Gasteiger partial charge in [0.05, 0.1) is 25.4 Å². The molecule has 0 aromatic carbocycles. The highest BCUT2D eigenvalue weighted by atomic mass is 31.2. The predicted molar refractivity (Wildman–Crippen MR) is 230 cm³/mol. The second-order valence-electron chi connectivity index (χ2n) is 14.2. The zero-order valence-electron chi connectivity index (χ0n) is 34.4. The van der Waals surface area contributed by atoms with Crippen molar-refractivity contribution >= 4 is 13.7 Å². The number of hydrogen-bond donors (Lipinski definition) is 4. The summed E-state index contributed by atoms with van der Waals surface area (Å²) in [6, 6.07) is -0.869. The molecule has 0 bridgehead atoms. The molecule has 8 nitrogen and oxygen atoms in total. The fourth-order valence-electron chi connectivity index (χ4n) is 5.80. The van der Waals surface area contributed by atoms with Crippen LogP contribution in [0.3, 0.4) is 0 Å². The molecule has 0 radical (unpaired) electrons. The van der Waals surface area contributed by atoms with Gasteiger partial charge in [-0.2, -0.15) is 0 Å². The third-order valence-corrected chi connectivity index (χ3v) is 10.0. The molecule has 5 N–H and O–H groups in total. The van der Waals surface area contributed by atoms with Gasteiger partial charge < -0.3 is 21.1 Å². The first-order valence-electron chi connectivity index (χ1n) is 21.6. The molecule has 0 saturated carbocycles. The molecule has 0 aromatic heterocycles. The molecule has 3 atom stereocenters. The molecule has 0 aliphatic rings. The Morgan fingerprint density at radius 3 is 1.57 bits per heavy atom. The number of hydrogen-bond acceptors (Lipinski definition) is 6. The number of rotatable bonds is 39. The van der Waals surface area contributed by atoms with Crippen LogP contribution in [-0.4, -0.2) is 47.8 Å². The van der Waals surface area contributed by atoms with Crippen molar-refractivity contribution < 1.29 is 28.4 Å². The number of aliphatic hydroxyl groups excluding tert-OH is 1. The third-order valence-electron chi connectivity index (χ3n) is 9.04. The van der Waals surface area contributed by atoms with Crippen LogP contribution in [0.4, 0.5) is 0 Å². The molecule has 0 heterocycles. The Balaban J connectivity index is 4.20. The first kappa shape index (κ1) is 51.9. The van der Waals surface area contributed by atoms with Crippen LogP contribution >= 0.6 is 7.82 Å². The minimum absolute atomic E-state index is 0.0729. The van der Waals surface area contributed by atoms with Crippen LogP contribution in [-0.2, 0) is 18.4 Å². The summed E-state index contributed by atoms with van der Waals surface area (Å²) in [6.45, 7) is 3.99. The van der Waals surface area contributed by atoms with Gasteiger partial charge in [0, 0.05) is 13.0 Å². The number of nitrogens with one attached hydrogen (secondary N) is 1. The fraction of sp³-hybridized carbons (Fsp3) is 0.711. The van der Waals surface area contributed by atoms with Gasteiger partial charge in [-0.1, -0.05) is 177 Å². The van der Waals surface area contributed by atoms with E-state index in [4.69, 9.17) is 14.8 Å². The molecule has 54 heavy (non-hydrogen) atoms. The summed E-state index contributed by atoms with van der Waals surface area (Å²) in [5.74, 6) is -0.210. The van der Waals surface area contributed by atoms with E-state index in [0.717, 1.165) is 83.5 Å². The predicted octanol–water partition coefficient (Wildman–Crippen LogP) is 12.1. The summed E-state index contributed by atoms with van der Waals surface area (Å²) in [7, 11) is -4.34. The van der Waals surface area contributed by atoms with E-state index in [-0.39, 0.29) is 25.7 Å². The summed E-state index contributed by atoms with van der Waals surface area (Å²) in [4.78, 5) is 22.7. The van der Waals surface area contributed by atoms with Crippen LogP contribution in [0.5, 0.6) is 0 Å². The fourth-order valence-corrected chi connectivity index (χ4v) is 6.56. The van der Waals surface area contributed by atoms with Crippen LogP contribution in [0.15, 0.2) is 72.9 Å². The topological polar surface area (TPSA) is 131 Å². The Bertz CT molecular complexity index is 1070. The van der Waals surface area contributed by atoms with Crippen molar-refractivity contribution in [3.05, 3.63) is 72.9 Å². The van der Waals surface area contributed by atoms with E-state index in [1.54, 1.807) is 6.08 Å². The van der Waals surface area contributed by atoms with Crippen LogP contribution < -0.4 is 11.1 Å². The molecule has 9 heteroatoms. The highest BCUT2D eigenvalue weighted by molar-refractivity contribution is 7.47. The Kier molecular flexibility index (Phi) is 39.0. The van der Waals surface area contributed by atoms with Gasteiger partial charge in [0.1, 0.15) is 0 Å². The molecule has 3 unspecified atom stereocenters. The molecule has 0 fully saturated rings. The monoisotopic (exact) mass is 777 g/mol. The zero-order valence-corrected chi connectivity index (χ0v) is 35.3. The number of carbonyl (C=O) groups is 1. The van der Waals surface area contributed by atoms with Crippen molar-refractivity contribution in [3.63, 3.8) is 0 Å². The molecular weight excluding hydrogens is 695 g/mol. The normalized spacial score (nSPS) is 14.8. The Morgan fingerprint density at radius 2 is 1.07 bits per heavy atom. The molecule has 0 aliphatic carbocycles. The second-order valence-corrected chi connectivity index (χ2v) is 15.6. The summed E-state index contributed by atoms with van der Waals surface area (Å²) in [6.07, 6.45) is 52.3. The van der Waals surface area contributed by atoms with Gasteiger partial charge in [-0.3, -0.25) is 13.8 Å². The first-order valence-corrected chi connectivity index (χ1v) is 23.1. The van der Waals surface area contributed by atoms with Gasteiger partial charge in [-0.05, 0) is 64.2 Å². The molecule has 0 aliphatic heterocycles. The van der Waals surface area contributed by atoms with E-state index in [0.29, 0.717) is 6.42 Å². The lowest BCUT2D eigenvalue weighted by molar-refractivity contribution is -0.123. The molecule has 1 amide bonds. The number of carbonyl (C=O) groups excluding carboxylic acids is 1. The average molecular weight is 777 g/mol. The number of phosphoric acid groups is 1. The molecule has 0 rings (SSSR count). The largest absolute Gasteiger partial charge is 0.472 e. The van der Waals surface area contributed by atoms with Crippen LogP contribution in [0, 0.1) is 0 Å². The van der Waals surface area contributed by atoms with E-state index in [1.165, 1.54) is 70.6 Å².